The van der Waals surface area contributed by atoms with Gasteiger partial charge in [0, 0.05) is 5.92 Å². The summed E-state index contributed by atoms with van der Waals surface area (Å²) in [6.07, 6.45) is 1.87. The highest BCUT2D eigenvalue weighted by Crippen LogP contribution is 2.37. The van der Waals surface area contributed by atoms with Gasteiger partial charge in [-0.2, -0.15) is 0 Å². The van der Waals surface area contributed by atoms with Gasteiger partial charge < -0.3 is 10.2 Å². The molecule has 0 spiro atoms. The molecule has 0 radical (unpaired) electrons. The number of rotatable bonds is 7. The van der Waals surface area contributed by atoms with Crippen LogP contribution < -0.4 is 0 Å². The highest BCUT2D eigenvalue weighted by atomic mass is 16.3. The molecule has 0 heterocycles. The zero-order valence-electron chi connectivity index (χ0n) is 16.9. The van der Waals surface area contributed by atoms with Crippen LogP contribution in [0.3, 0.4) is 0 Å². The van der Waals surface area contributed by atoms with Crippen molar-refractivity contribution in [1.82, 2.24) is 0 Å². The number of phenols is 2. The maximum atomic E-state index is 9.82. The Hall–Kier alpha value is -3.52. The Morgan fingerprint density at radius 2 is 0.833 bits per heavy atom. The van der Waals surface area contributed by atoms with Gasteiger partial charge in [-0.15, -0.1) is 0 Å². The van der Waals surface area contributed by atoms with Crippen molar-refractivity contribution in [2.75, 3.05) is 0 Å². The van der Waals surface area contributed by atoms with Crippen molar-refractivity contribution in [2.45, 2.75) is 18.8 Å². The standard InChI is InChI=1S/C28H26O2/c29-26-15-11-23(12-16-26)28(24-13-17-27(30)18-14-24)25(19-21-7-3-1-4-8-21)20-22-9-5-2-6-10-22/h1-18,25,28-30H,19-20H2. The lowest BCUT2D eigenvalue weighted by Gasteiger charge is -2.29. The van der Waals surface area contributed by atoms with E-state index in [0.717, 1.165) is 24.0 Å². The lowest BCUT2D eigenvalue weighted by molar-refractivity contribution is 0.455. The van der Waals surface area contributed by atoms with Crippen molar-refractivity contribution in [3.8, 4) is 11.5 Å². The average Bonchev–Trinajstić information content (AvgIpc) is 2.78. The van der Waals surface area contributed by atoms with Gasteiger partial charge >= 0.3 is 0 Å². The molecule has 30 heavy (non-hydrogen) atoms. The largest absolute Gasteiger partial charge is 0.508 e. The Balaban J connectivity index is 1.78. The normalized spacial score (nSPS) is 11.1. The smallest absolute Gasteiger partial charge is 0.115 e. The minimum atomic E-state index is 0.131. The minimum absolute atomic E-state index is 0.131. The number of aromatic hydroxyl groups is 2. The van der Waals surface area contributed by atoms with Gasteiger partial charge in [-0.3, -0.25) is 0 Å². The molecule has 0 aliphatic carbocycles. The Bertz CT molecular complexity index is 952. The fourth-order valence-corrected chi connectivity index (χ4v) is 4.24. The van der Waals surface area contributed by atoms with Crippen molar-refractivity contribution >= 4 is 0 Å². The van der Waals surface area contributed by atoms with Gasteiger partial charge in [0.15, 0.2) is 0 Å². The molecule has 0 bridgehead atoms. The molecule has 2 nitrogen and oxygen atoms in total. The Kier molecular flexibility index (Phi) is 6.14. The number of hydrogen-bond acceptors (Lipinski definition) is 2. The first-order chi connectivity index (χ1) is 14.7. The third-order valence-electron chi connectivity index (χ3n) is 5.66. The summed E-state index contributed by atoms with van der Waals surface area (Å²) >= 11 is 0. The molecule has 4 rings (SSSR count). The van der Waals surface area contributed by atoms with E-state index in [1.54, 1.807) is 24.3 Å². The molecule has 4 aromatic rings. The van der Waals surface area contributed by atoms with Crippen LogP contribution in [0.4, 0.5) is 0 Å². The molecule has 0 saturated carbocycles. The van der Waals surface area contributed by atoms with Crippen LogP contribution in [0.1, 0.15) is 28.2 Å². The molecule has 2 N–H and O–H groups in total. The van der Waals surface area contributed by atoms with E-state index < -0.39 is 0 Å². The Morgan fingerprint density at radius 1 is 0.467 bits per heavy atom. The molecule has 0 fully saturated rings. The van der Waals surface area contributed by atoms with Gasteiger partial charge in [-0.25, -0.2) is 0 Å². The van der Waals surface area contributed by atoms with Crippen LogP contribution in [-0.2, 0) is 12.8 Å². The topological polar surface area (TPSA) is 40.5 Å². The molecule has 0 aliphatic rings. The second-order valence-electron chi connectivity index (χ2n) is 7.80. The van der Waals surface area contributed by atoms with Crippen molar-refractivity contribution in [3.63, 3.8) is 0 Å². The fraction of sp³-hybridized carbons (Fsp3) is 0.143. The van der Waals surface area contributed by atoms with Crippen LogP contribution in [0.2, 0.25) is 0 Å². The molecule has 0 unspecified atom stereocenters. The predicted molar refractivity (Wildman–Crippen MR) is 122 cm³/mol. The van der Waals surface area contributed by atoms with Crippen molar-refractivity contribution in [2.24, 2.45) is 5.92 Å². The van der Waals surface area contributed by atoms with Crippen LogP contribution in [-0.4, -0.2) is 10.2 Å². The molecule has 0 saturated heterocycles. The summed E-state index contributed by atoms with van der Waals surface area (Å²) in [5.41, 5.74) is 4.94. The summed E-state index contributed by atoms with van der Waals surface area (Å²) in [5, 5.41) is 19.6. The molecule has 0 atom stereocenters. The molecular weight excluding hydrogens is 368 g/mol. The van der Waals surface area contributed by atoms with E-state index in [1.807, 2.05) is 36.4 Å². The highest BCUT2D eigenvalue weighted by Gasteiger charge is 2.26. The average molecular weight is 395 g/mol. The third-order valence-corrected chi connectivity index (χ3v) is 5.66. The van der Waals surface area contributed by atoms with E-state index in [-0.39, 0.29) is 17.4 Å². The van der Waals surface area contributed by atoms with E-state index in [9.17, 15) is 10.2 Å². The van der Waals surface area contributed by atoms with Gasteiger partial charge in [0.2, 0.25) is 0 Å². The summed E-state index contributed by atoms with van der Waals surface area (Å²) in [4.78, 5) is 0. The van der Waals surface area contributed by atoms with Crippen molar-refractivity contribution in [3.05, 3.63) is 131 Å². The number of hydrogen-bond donors (Lipinski definition) is 2. The van der Waals surface area contributed by atoms with Gasteiger partial charge in [0.1, 0.15) is 11.5 Å². The number of phenolic OH excluding ortho intramolecular Hbond substituents is 2. The van der Waals surface area contributed by atoms with E-state index in [1.165, 1.54) is 11.1 Å². The maximum absolute atomic E-state index is 9.82. The first-order valence-electron chi connectivity index (χ1n) is 10.3. The van der Waals surface area contributed by atoms with Crippen LogP contribution in [0.25, 0.3) is 0 Å². The molecule has 2 heteroatoms. The summed E-state index contributed by atoms with van der Waals surface area (Å²) in [7, 11) is 0. The van der Waals surface area contributed by atoms with Gasteiger partial charge in [-0.1, -0.05) is 84.9 Å². The van der Waals surface area contributed by atoms with Gasteiger partial charge in [0.05, 0.1) is 0 Å². The Labute approximate surface area is 178 Å². The molecule has 0 amide bonds. The van der Waals surface area contributed by atoms with Gasteiger partial charge in [0.25, 0.3) is 0 Å². The lowest BCUT2D eigenvalue weighted by atomic mass is 9.75. The first kappa shape index (κ1) is 19.8. The van der Waals surface area contributed by atoms with Crippen LogP contribution in [0.5, 0.6) is 11.5 Å². The second kappa shape index (κ2) is 9.32. The quantitative estimate of drug-likeness (QED) is 0.384. The maximum Gasteiger partial charge on any atom is 0.115 e. The number of benzene rings is 4. The SMILES string of the molecule is Oc1ccc(C(c2ccc(O)cc2)C(Cc2ccccc2)Cc2ccccc2)cc1. The summed E-state index contributed by atoms with van der Waals surface area (Å²) in [6, 6.07) is 36.2. The Morgan fingerprint density at radius 3 is 1.20 bits per heavy atom. The van der Waals surface area contributed by atoms with E-state index >= 15 is 0 Å². The van der Waals surface area contributed by atoms with Crippen LogP contribution >= 0.6 is 0 Å². The monoisotopic (exact) mass is 394 g/mol. The summed E-state index contributed by atoms with van der Waals surface area (Å²) in [5.74, 6) is 0.979. The van der Waals surface area contributed by atoms with E-state index in [4.69, 9.17) is 0 Å². The van der Waals surface area contributed by atoms with Crippen LogP contribution in [0, 0.1) is 5.92 Å². The van der Waals surface area contributed by atoms with Gasteiger partial charge in [-0.05, 0) is 65.3 Å². The fourth-order valence-electron chi connectivity index (χ4n) is 4.24. The lowest BCUT2D eigenvalue weighted by Crippen LogP contribution is -2.20. The zero-order valence-corrected chi connectivity index (χ0v) is 16.9. The summed E-state index contributed by atoms with van der Waals surface area (Å²) in [6.45, 7) is 0. The second-order valence-corrected chi connectivity index (χ2v) is 7.80. The molecule has 150 valence electrons. The first-order valence-corrected chi connectivity index (χ1v) is 10.3. The molecular formula is C28H26O2. The molecule has 0 aliphatic heterocycles. The molecule has 0 aromatic heterocycles. The van der Waals surface area contributed by atoms with Crippen molar-refractivity contribution in [1.29, 1.82) is 0 Å². The molecule has 4 aromatic carbocycles. The van der Waals surface area contributed by atoms with Crippen LogP contribution in [0.15, 0.2) is 109 Å². The van der Waals surface area contributed by atoms with E-state index in [2.05, 4.69) is 48.5 Å². The van der Waals surface area contributed by atoms with Crippen molar-refractivity contribution < 1.29 is 10.2 Å². The zero-order chi connectivity index (χ0) is 20.8. The highest BCUT2D eigenvalue weighted by molar-refractivity contribution is 5.39. The predicted octanol–water partition coefficient (Wildman–Crippen LogP) is 6.33. The third kappa shape index (κ3) is 4.90. The minimum Gasteiger partial charge on any atom is -0.508 e. The summed E-state index contributed by atoms with van der Waals surface area (Å²) < 4.78 is 0. The van der Waals surface area contributed by atoms with E-state index in [0.29, 0.717) is 5.92 Å².